The fourth-order valence-electron chi connectivity index (χ4n) is 4.15. The third-order valence-corrected chi connectivity index (χ3v) is 5.80. The molecule has 2 amide bonds. The first-order valence-corrected chi connectivity index (χ1v) is 11.0. The van der Waals surface area contributed by atoms with Gasteiger partial charge in [0, 0.05) is 18.7 Å². The molecule has 0 aliphatic heterocycles. The molecule has 9 nitrogen and oxygen atoms in total. The number of hydrogen-bond donors (Lipinski definition) is 3. The number of carbonyl (C=O) groups is 3. The van der Waals surface area contributed by atoms with Crippen molar-refractivity contribution in [2.45, 2.75) is 24.9 Å². The minimum absolute atomic E-state index is 0.0523. The van der Waals surface area contributed by atoms with Crippen LogP contribution in [0.2, 0.25) is 0 Å². The Balaban J connectivity index is 1.38. The fourth-order valence-corrected chi connectivity index (χ4v) is 4.15. The number of aromatic nitrogens is 1. The number of ether oxygens (including phenoxy) is 2. The van der Waals surface area contributed by atoms with Crippen LogP contribution in [-0.2, 0) is 20.9 Å². The highest BCUT2D eigenvalue weighted by Gasteiger charge is 2.30. The molecule has 4 rings (SSSR count). The summed E-state index contributed by atoms with van der Waals surface area (Å²) in [5, 5.41) is 14.2. The lowest BCUT2D eigenvalue weighted by Gasteiger charge is -2.19. The molecule has 0 saturated carbocycles. The van der Waals surface area contributed by atoms with Crippen LogP contribution in [0, 0.1) is 0 Å². The van der Waals surface area contributed by atoms with Gasteiger partial charge >= 0.3 is 12.1 Å². The SMILES string of the molecule is COc1cncc(CNC(=O)C(CC(=O)O)NC(=O)OCC2c3ccccc3-c3ccccc32)c1. The zero-order valence-electron chi connectivity index (χ0n) is 19.1. The van der Waals surface area contributed by atoms with Gasteiger partial charge in [-0.15, -0.1) is 0 Å². The Bertz CT molecular complexity index is 1200. The van der Waals surface area contributed by atoms with Crippen LogP contribution in [0.15, 0.2) is 67.0 Å². The number of nitrogens with zero attached hydrogens (tertiary/aromatic N) is 1. The van der Waals surface area contributed by atoms with Gasteiger partial charge in [0.05, 0.1) is 19.7 Å². The predicted octanol–water partition coefficient (Wildman–Crippen LogP) is 3.09. The Morgan fingerprint density at radius 1 is 1.03 bits per heavy atom. The number of carboxylic acid groups (broad SMARTS) is 1. The summed E-state index contributed by atoms with van der Waals surface area (Å²) in [7, 11) is 1.50. The average Bonchev–Trinajstić information content (AvgIpc) is 3.19. The number of methoxy groups -OCH3 is 1. The first kappa shape index (κ1) is 23.7. The van der Waals surface area contributed by atoms with Gasteiger partial charge in [-0.2, -0.15) is 0 Å². The molecule has 3 N–H and O–H groups in total. The van der Waals surface area contributed by atoms with E-state index in [1.807, 2.05) is 48.5 Å². The fraction of sp³-hybridized carbons (Fsp3) is 0.231. The summed E-state index contributed by atoms with van der Waals surface area (Å²) in [6, 6.07) is 16.2. The number of benzene rings is 2. The smallest absolute Gasteiger partial charge is 0.407 e. The summed E-state index contributed by atoms with van der Waals surface area (Å²) in [6.07, 6.45) is 1.62. The van der Waals surface area contributed by atoms with Gasteiger partial charge in [0.1, 0.15) is 18.4 Å². The van der Waals surface area contributed by atoms with Gasteiger partial charge in [0.2, 0.25) is 5.91 Å². The van der Waals surface area contributed by atoms with Gasteiger partial charge in [-0.1, -0.05) is 48.5 Å². The van der Waals surface area contributed by atoms with Crippen LogP contribution in [0.5, 0.6) is 5.75 Å². The molecule has 1 aliphatic carbocycles. The molecule has 35 heavy (non-hydrogen) atoms. The molecule has 1 unspecified atom stereocenters. The minimum atomic E-state index is -1.30. The van der Waals surface area contributed by atoms with Gasteiger partial charge < -0.3 is 25.2 Å². The van der Waals surface area contributed by atoms with Gasteiger partial charge in [0.25, 0.3) is 0 Å². The Kier molecular flexibility index (Phi) is 7.25. The minimum Gasteiger partial charge on any atom is -0.495 e. The van der Waals surface area contributed by atoms with Crippen LogP contribution in [0.4, 0.5) is 4.79 Å². The van der Waals surface area contributed by atoms with E-state index in [4.69, 9.17) is 9.47 Å². The second-order valence-corrected chi connectivity index (χ2v) is 8.07. The molecule has 0 saturated heterocycles. The normalized spacial score (nSPS) is 12.7. The van der Waals surface area contributed by atoms with Gasteiger partial charge in [-0.05, 0) is 33.9 Å². The average molecular weight is 476 g/mol. The van der Waals surface area contributed by atoms with E-state index in [0.29, 0.717) is 11.3 Å². The highest BCUT2D eigenvalue weighted by atomic mass is 16.5. The summed E-state index contributed by atoms with van der Waals surface area (Å²) in [6.45, 7) is 0.141. The van der Waals surface area contributed by atoms with Gasteiger partial charge in [-0.25, -0.2) is 4.79 Å². The van der Waals surface area contributed by atoms with E-state index >= 15 is 0 Å². The van der Waals surface area contributed by atoms with Gasteiger partial charge in [0.15, 0.2) is 0 Å². The van der Waals surface area contributed by atoms with Crippen molar-refractivity contribution in [3.05, 3.63) is 83.7 Å². The second-order valence-electron chi connectivity index (χ2n) is 8.07. The zero-order valence-corrected chi connectivity index (χ0v) is 19.1. The number of alkyl carbamates (subject to hydrolysis) is 1. The maximum Gasteiger partial charge on any atom is 0.407 e. The monoisotopic (exact) mass is 475 g/mol. The van der Waals surface area contributed by atoms with Crippen molar-refractivity contribution in [3.63, 3.8) is 0 Å². The van der Waals surface area contributed by atoms with Crippen molar-refractivity contribution in [3.8, 4) is 16.9 Å². The Labute approximate surface area is 202 Å². The van der Waals surface area contributed by atoms with E-state index in [9.17, 15) is 19.5 Å². The van der Waals surface area contributed by atoms with Crippen molar-refractivity contribution in [1.29, 1.82) is 0 Å². The third-order valence-electron chi connectivity index (χ3n) is 5.80. The summed E-state index contributed by atoms with van der Waals surface area (Å²) < 4.78 is 10.5. The Morgan fingerprint density at radius 2 is 1.69 bits per heavy atom. The van der Waals surface area contributed by atoms with Crippen molar-refractivity contribution in [2.75, 3.05) is 13.7 Å². The van der Waals surface area contributed by atoms with Crippen LogP contribution >= 0.6 is 0 Å². The molecule has 0 bridgehead atoms. The molecule has 2 aromatic carbocycles. The van der Waals surface area contributed by atoms with Crippen molar-refractivity contribution in [1.82, 2.24) is 15.6 Å². The lowest BCUT2D eigenvalue weighted by molar-refractivity contribution is -0.139. The molecular weight excluding hydrogens is 450 g/mol. The predicted molar refractivity (Wildman–Crippen MR) is 127 cm³/mol. The summed E-state index contributed by atoms with van der Waals surface area (Å²) in [5.41, 5.74) is 4.94. The van der Waals surface area contributed by atoms with E-state index in [1.165, 1.54) is 13.3 Å². The highest BCUT2D eigenvalue weighted by molar-refractivity contribution is 5.89. The van der Waals surface area contributed by atoms with E-state index in [0.717, 1.165) is 22.3 Å². The molecular formula is C26H25N3O6. The Morgan fingerprint density at radius 3 is 2.31 bits per heavy atom. The first-order chi connectivity index (χ1) is 17.0. The van der Waals surface area contributed by atoms with Crippen LogP contribution in [-0.4, -0.2) is 47.8 Å². The number of pyridine rings is 1. The van der Waals surface area contributed by atoms with Crippen LogP contribution in [0.25, 0.3) is 11.1 Å². The summed E-state index contributed by atoms with van der Waals surface area (Å²) in [4.78, 5) is 40.5. The molecule has 1 heterocycles. The number of carbonyl (C=O) groups excluding carboxylic acids is 2. The number of amides is 2. The second kappa shape index (κ2) is 10.7. The standard InChI is InChI=1S/C26H25N3O6/c1-34-17-10-16(12-27-14-17)13-28-25(32)23(11-24(30)31)29-26(33)35-15-22-20-8-4-2-6-18(20)19-7-3-5-9-21(19)22/h2-10,12,14,22-23H,11,13,15H2,1H3,(H,28,32)(H,29,33)(H,30,31). The van der Waals surface area contributed by atoms with E-state index < -0.39 is 30.4 Å². The maximum atomic E-state index is 12.6. The van der Waals surface area contributed by atoms with Crippen LogP contribution in [0.1, 0.15) is 29.0 Å². The highest BCUT2D eigenvalue weighted by Crippen LogP contribution is 2.44. The number of fused-ring (bicyclic) bond motifs is 3. The lowest BCUT2D eigenvalue weighted by Crippen LogP contribution is -2.48. The van der Waals surface area contributed by atoms with Crippen molar-refractivity contribution >= 4 is 18.0 Å². The maximum absolute atomic E-state index is 12.6. The summed E-state index contributed by atoms with van der Waals surface area (Å²) >= 11 is 0. The molecule has 0 radical (unpaired) electrons. The molecule has 1 aliphatic rings. The Hall–Kier alpha value is -4.40. The lowest BCUT2D eigenvalue weighted by atomic mass is 9.98. The van der Waals surface area contributed by atoms with E-state index in [-0.39, 0.29) is 19.1 Å². The molecule has 0 fully saturated rings. The largest absolute Gasteiger partial charge is 0.495 e. The molecule has 1 atom stereocenters. The van der Waals surface area contributed by atoms with Crippen molar-refractivity contribution < 1.29 is 29.0 Å². The quantitative estimate of drug-likeness (QED) is 0.434. The molecule has 180 valence electrons. The molecule has 1 aromatic heterocycles. The third kappa shape index (κ3) is 5.57. The summed E-state index contributed by atoms with van der Waals surface area (Å²) in [5.74, 6) is -1.51. The molecule has 9 heteroatoms. The van der Waals surface area contributed by atoms with E-state index in [2.05, 4.69) is 15.6 Å². The van der Waals surface area contributed by atoms with E-state index in [1.54, 1.807) is 12.3 Å². The number of nitrogens with one attached hydrogen (secondary N) is 2. The van der Waals surface area contributed by atoms with Gasteiger partial charge in [-0.3, -0.25) is 14.6 Å². The van der Waals surface area contributed by atoms with Crippen LogP contribution < -0.4 is 15.4 Å². The zero-order chi connectivity index (χ0) is 24.8. The topological polar surface area (TPSA) is 127 Å². The van der Waals surface area contributed by atoms with Crippen LogP contribution in [0.3, 0.4) is 0 Å². The molecule has 0 spiro atoms. The number of aliphatic carboxylic acids is 1. The number of carboxylic acids is 1. The number of hydrogen-bond acceptors (Lipinski definition) is 6. The van der Waals surface area contributed by atoms with Crippen molar-refractivity contribution in [2.24, 2.45) is 0 Å². The number of rotatable bonds is 9. The first-order valence-electron chi connectivity index (χ1n) is 11.0. The molecule has 3 aromatic rings.